The van der Waals surface area contributed by atoms with Crippen molar-refractivity contribution in [2.45, 2.75) is 65.7 Å². The van der Waals surface area contributed by atoms with Gasteiger partial charge in [-0.05, 0) is 11.8 Å². The fourth-order valence-electron chi connectivity index (χ4n) is 3.46. The van der Waals surface area contributed by atoms with Crippen molar-refractivity contribution in [1.29, 1.82) is 5.26 Å². The summed E-state index contributed by atoms with van der Waals surface area (Å²) in [7, 11) is 0. The van der Waals surface area contributed by atoms with Gasteiger partial charge in [-0.25, -0.2) is 0 Å². The fraction of sp³-hybridized carbons (Fsp3) is 0.667. The summed E-state index contributed by atoms with van der Waals surface area (Å²) in [4.78, 5) is 12.6. The molecule has 22 heavy (non-hydrogen) atoms. The van der Waals surface area contributed by atoms with Crippen molar-refractivity contribution in [3.8, 4) is 6.07 Å². The standard InChI is InChI=1S/C18H26N2O2/c1-4-5-6-7-8-12-13(11-19)17(20)22-15-10-18(2,3)9-14(21)16(12)15/h12H,4-10,20H2,1-3H3/t12-/m1/s1. The van der Waals surface area contributed by atoms with Gasteiger partial charge in [0.05, 0.1) is 5.57 Å². The smallest absolute Gasteiger partial charge is 0.204 e. The minimum atomic E-state index is -0.172. The summed E-state index contributed by atoms with van der Waals surface area (Å²) in [6.07, 6.45) is 6.49. The molecule has 2 aliphatic rings. The number of carbonyl (C=O) groups excluding carboxylic acids is 1. The van der Waals surface area contributed by atoms with Crippen molar-refractivity contribution in [2.75, 3.05) is 0 Å². The second-order valence-electron chi connectivity index (χ2n) is 7.17. The van der Waals surface area contributed by atoms with Gasteiger partial charge in [0, 0.05) is 24.3 Å². The van der Waals surface area contributed by atoms with Gasteiger partial charge in [0.15, 0.2) is 5.78 Å². The molecule has 1 aliphatic carbocycles. The molecule has 120 valence electrons. The van der Waals surface area contributed by atoms with E-state index in [-0.39, 0.29) is 23.0 Å². The number of nitrogens with two attached hydrogens (primary N) is 1. The molecule has 1 aliphatic heterocycles. The van der Waals surface area contributed by atoms with E-state index < -0.39 is 0 Å². The zero-order valence-corrected chi connectivity index (χ0v) is 13.9. The third-order valence-electron chi connectivity index (χ3n) is 4.54. The molecular weight excluding hydrogens is 276 g/mol. The van der Waals surface area contributed by atoms with Crippen molar-refractivity contribution in [1.82, 2.24) is 0 Å². The van der Waals surface area contributed by atoms with E-state index in [1.807, 2.05) is 0 Å². The van der Waals surface area contributed by atoms with Crippen LogP contribution in [0.4, 0.5) is 0 Å². The molecule has 0 aromatic carbocycles. The molecule has 0 saturated heterocycles. The molecule has 1 heterocycles. The highest BCUT2D eigenvalue weighted by Crippen LogP contribution is 2.45. The van der Waals surface area contributed by atoms with Crippen LogP contribution >= 0.6 is 0 Å². The number of ether oxygens (including phenoxy) is 1. The SMILES string of the molecule is CCCCCC[C@@H]1C(C#N)=C(N)OC2=C1C(=O)CC(C)(C)C2. The van der Waals surface area contributed by atoms with Crippen molar-refractivity contribution >= 4 is 5.78 Å². The van der Waals surface area contributed by atoms with Crippen molar-refractivity contribution in [3.63, 3.8) is 0 Å². The number of hydrogen-bond acceptors (Lipinski definition) is 4. The van der Waals surface area contributed by atoms with E-state index in [1.165, 1.54) is 6.42 Å². The lowest BCUT2D eigenvalue weighted by Gasteiger charge is -2.37. The molecule has 1 atom stereocenters. The van der Waals surface area contributed by atoms with E-state index in [0.717, 1.165) is 25.7 Å². The van der Waals surface area contributed by atoms with Crippen molar-refractivity contribution < 1.29 is 9.53 Å². The Labute approximate surface area is 133 Å². The summed E-state index contributed by atoms with van der Waals surface area (Å²) in [5, 5.41) is 9.41. The topological polar surface area (TPSA) is 76.1 Å². The first kappa shape index (κ1) is 16.6. The minimum Gasteiger partial charge on any atom is -0.444 e. The van der Waals surface area contributed by atoms with Crippen LogP contribution < -0.4 is 5.73 Å². The Morgan fingerprint density at radius 2 is 2.05 bits per heavy atom. The molecule has 0 saturated carbocycles. The molecule has 0 fully saturated rings. The van der Waals surface area contributed by atoms with E-state index >= 15 is 0 Å². The van der Waals surface area contributed by atoms with Crippen LogP contribution in [0.1, 0.15) is 65.7 Å². The fourth-order valence-corrected chi connectivity index (χ4v) is 3.46. The van der Waals surface area contributed by atoms with Gasteiger partial charge in [-0.3, -0.25) is 4.79 Å². The van der Waals surface area contributed by atoms with Crippen LogP contribution in [0.3, 0.4) is 0 Å². The Balaban J connectivity index is 2.28. The summed E-state index contributed by atoms with van der Waals surface area (Å²) < 4.78 is 5.65. The molecule has 0 bridgehead atoms. The lowest BCUT2D eigenvalue weighted by atomic mass is 9.71. The van der Waals surface area contributed by atoms with Crippen LogP contribution in [0.25, 0.3) is 0 Å². The number of nitrogens with zero attached hydrogens (tertiary/aromatic N) is 1. The first-order chi connectivity index (χ1) is 10.4. The molecular formula is C18H26N2O2. The number of allylic oxidation sites excluding steroid dienone is 3. The van der Waals surface area contributed by atoms with E-state index in [0.29, 0.717) is 29.7 Å². The van der Waals surface area contributed by atoms with Gasteiger partial charge in [0.25, 0.3) is 0 Å². The second kappa shape index (κ2) is 6.56. The van der Waals surface area contributed by atoms with Crippen molar-refractivity contribution in [2.24, 2.45) is 17.1 Å². The van der Waals surface area contributed by atoms with Crippen LogP contribution in [0.5, 0.6) is 0 Å². The predicted octanol–water partition coefficient (Wildman–Crippen LogP) is 3.94. The lowest BCUT2D eigenvalue weighted by molar-refractivity contribution is -0.119. The number of nitriles is 1. The number of rotatable bonds is 5. The molecule has 0 spiro atoms. The maximum Gasteiger partial charge on any atom is 0.204 e. The number of ketones is 1. The Bertz CT molecular complexity index is 564. The lowest BCUT2D eigenvalue weighted by Crippen LogP contribution is -2.34. The van der Waals surface area contributed by atoms with E-state index in [1.54, 1.807) is 0 Å². The first-order valence-electron chi connectivity index (χ1n) is 8.23. The largest absolute Gasteiger partial charge is 0.444 e. The number of carbonyl (C=O) groups is 1. The molecule has 0 aromatic heterocycles. The molecule has 0 aromatic rings. The van der Waals surface area contributed by atoms with Gasteiger partial charge in [-0.1, -0.05) is 46.5 Å². The highest BCUT2D eigenvalue weighted by molar-refractivity contribution is 5.98. The van der Waals surface area contributed by atoms with E-state index in [2.05, 4.69) is 26.8 Å². The van der Waals surface area contributed by atoms with E-state index in [9.17, 15) is 10.1 Å². The third kappa shape index (κ3) is 3.35. The van der Waals surface area contributed by atoms with Crippen LogP contribution in [-0.4, -0.2) is 5.78 Å². The van der Waals surface area contributed by atoms with Gasteiger partial charge < -0.3 is 10.5 Å². The zero-order chi connectivity index (χ0) is 16.3. The van der Waals surface area contributed by atoms with Gasteiger partial charge in [0.2, 0.25) is 5.88 Å². The Kier molecular flexibility index (Phi) is 4.95. The maximum atomic E-state index is 12.6. The molecule has 0 radical (unpaired) electrons. The first-order valence-corrected chi connectivity index (χ1v) is 8.23. The van der Waals surface area contributed by atoms with Gasteiger partial charge in [0.1, 0.15) is 11.8 Å². The van der Waals surface area contributed by atoms with Gasteiger partial charge in [-0.15, -0.1) is 0 Å². The molecule has 2 rings (SSSR count). The highest BCUT2D eigenvalue weighted by atomic mass is 16.5. The van der Waals surface area contributed by atoms with Crippen LogP contribution in [0.2, 0.25) is 0 Å². The van der Waals surface area contributed by atoms with Gasteiger partial charge in [-0.2, -0.15) is 5.26 Å². The summed E-state index contributed by atoms with van der Waals surface area (Å²) in [5.74, 6) is 0.826. The van der Waals surface area contributed by atoms with Gasteiger partial charge >= 0.3 is 0 Å². The van der Waals surface area contributed by atoms with E-state index in [4.69, 9.17) is 10.5 Å². The average molecular weight is 302 g/mol. The molecule has 0 unspecified atom stereocenters. The summed E-state index contributed by atoms with van der Waals surface area (Å²) in [5.41, 5.74) is 6.98. The monoisotopic (exact) mass is 302 g/mol. The molecule has 4 nitrogen and oxygen atoms in total. The molecule has 2 N–H and O–H groups in total. The maximum absolute atomic E-state index is 12.6. The average Bonchev–Trinajstić information content (AvgIpc) is 2.41. The molecule has 4 heteroatoms. The van der Waals surface area contributed by atoms with Crippen LogP contribution in [-0.2, 0) is 9.53 Å². The minimum absolute atomic E-state index is 0.104. The quantitative estimate of drug-likeness (QED) is 0.780. The number of hydrogen-bond donors (Lipinski definition) is 1. The summed E-state index contributed by atoms with van der Waals surface area (Å²) in [6, 6.07) is 2.16. The van der Waals surface area contributed by atoms with Crippen molar-refractivity contribution in [3.05, 3.63) is 22.8 Å². The molecule has 0 amide bonds. The summed E-state index contributed by atoms with van der Waals surface area (Å²) in [6.45, 7) is 6.29. The Morgan fingerprint density at radius 3 is 2.68 bits per heavy atom. The normalized spacial score (nSPS) is 23.9. The third-order valence-corrected chi connectivity index (χ3v) is 4.54. The predicted molar refractivity (Wildman–Crippen MR) is 85.2 cm³/mol. The van der Waals surface area contributed by atoms with Crippen LogP contribution in [0, 0.1) is 22.7 Å². The van der Waals surface area contributed by atoms with Crippen LogP contribution in [0.15, 0.2) is 22.8 Å². The Hall–Kier alpha value is -1.76. The zero-order valence-electron chi connectivity index (χ0n) is 13.9. The number of Topliss-reactive ketones (excluding diaryl/α,β-unsaturated/α-hetero) is 1. The number of unbranched alkanes of at least 4 members (excludes halogenated alkanes) is 3. The summed E-state index contributed by atoms with van der Waals surface area (Å²) >= 11 is 0. The Morgan fingerprint density at radius 1 is 1.32 bits per heavy atom. The second-order valence-corrected chi connectivity index (χ2v) is 7.17. The highest BCUT2D eigenvalue weighted by Gasteiger charge is 2.41.